The number of nitro benzene ring substituents is 1. The topological polar surface area (TPSA) is 107 Å². The van der Waals surface area contributed by atoms with Gasteiger partial charge in [-0.25, -0.2) is 8.42 Å². The van der Waals surface area contributed by atoms with Crippen molar-refractivity contribution < 1.29 is 18.1 Å². The van der Waals surface area contributed by atoms with Crippen molar-refractivity contribution in [1.82, 2.24) is 0 Å². The Bertz CT molecular complexity index is 975. The third-order valence-corrected chi connectivity index (χ3v) is 6.38. The molecule has 1 aromatic rings. The third kappa shape index (κ3) is 3.09. The van der Waals surface area contributed by atoms with Gasteiger partial charge < -0.3 is 0 Å². The van der Waals surface area contributed by atoms with Gasteiger partial charge in [-0.2, -0.15) is 0 Å². The van der Waals surface area contributed by atoms with Gasteiger partial charge in [0, 0.05) is 35.9 Å². The van der Waals surface area contributed by atoms with Gasteiger partial charge >= 0.3 is 0 Å². The average Bonchev–Trinajstić information content (AvgIpc) is 2.52. The highest BCUT2D eigenvalue weighted by atomic mass is 32.2. The number of aryl methyl sites for hydroxylation is 1. The first-order valence-electron chi connectivity index (χ1n) is 8.37. The number of rotatable bonds is 3. The summed E-state index contributed by atoms with van der Waals surface area (Å²) in [5, 5.41) is 11.3. The van der Waals surface area contributed by atoms with Crippen LogP contribution in [0.5, 0.6) is 0 Å². The van der Waals surface area contributed by atoms with Crippen molar-refractivity contribution in [3.63, 3.8) is 0 Å². The minimum atomic E-state index is -3.64. The van der Waals surface area contributed by atoms with E-state index in [1.807, 2.05) is 0 Å². The molecule has 0 radical (unpaired) electrons. The Kier molecular flexibility index (Phi) is 4.56. The van der Waals surface area contributed by atoms with Gasteiger partial charge in [-0.1, -0.05) is 12.1 Å². The van der Waals surface area contributed by atoms with Gasteiger partial charge in [0.2, 0.25) is 0 Å². The molecule has 0 N–H and O–H groups in total. The van der Waals surface area contributed by atoms with Crippen molar-refractivity contribution in [2.24, 2.45) is 10.9 Å². The fourth-order valence-corrected chi connectivity index (χ4v) is 5.27. The van der Waals surface area contributed by atoms with Crippen LogP contribution in [0, 0.1) is 23.0 Å². The Balaban J connectivity index is 2.27. The molecular formula is C18H20N2O5S. The lowest BCUT2D eigenvalue weighted by atomic mass is 9.72. The summed E-state index contributed by atoms with van der Waals surface area (Å²) in [5.41, 5.74) is 1.91. The molecule has 138 valence electrons. The summed E-state index contributed by atoms with van der Waals surface area (Å²) in [7, 11) is -3.64. The van der Waals surface area contributed by atoms with Crippen LogP contribution in [0.3, 0.4) is 0 Å². The highest BCUT2D eigenvalue weighted by Crippen LogP contribution is 2.45. The molecule has 2 unspecified atom stereocenters. The minimum absolute atomic E-state index is 0.0584. The standard InChI is InChI=1S/C18H20N2O5S/c1-10-7-8-12(9-14(10)20(22)23)16-17-13(5-4-6-15(17)21)19-11(2)18(16)26(3,24)25/h7-9,16-17H,4-6H2,1-3H3. The van der Waals surface area contributed by atoms with Crippen molar-refractivity contribution in [2.75, 3.05) is 6.26 Å². The average molecular weight is 376 g/mol. The molecule has 26 heavy (non-hydrogen) atoms. The maximum absolute atomic E-state index is 12.6. The number of carbonyl (C=O) groups excluding carboxylic acids is 1. The Labute approximate surface area is 151 Å². The van der Waals surface area contributed by atoms with Crippen LogP contribution in [0.1, 0.15) is 43.2 Å². The van der Waals surface area contributed by atoms with E-state index in [9.17, 15) is 23.3 Å². The Hall–Kier alpha value is -2.35. The summed E-state index contributed by atoms with van der Waals surface area (Å²) < 4.78 is 25.0. The first kappa shape index (κ1) is 18.4. The number of sulfone groups is 1. The predicted octanol–water partition coefficient (Wildman–Crippen LogP) is 3.09. The molecule has 3 rings (SSSR count). The quantitative estimate of drug-likeness (QED) is 0.595. The smallest absolute Gasteiger partial charge is 0.272 e. The lowest BCUT2D eigenvalue weighted by Gasteiger charge is -2.35. The van der Waals surface area contributed by atoms with Crippen molar-refractivity contribution in [3.8, 4) is 0 Å². The van der Waals surface area contributed by atoms with E-state index in [0.29, 0.717) is 41.8 Å². The van der Waals surface area contributed by atoms with E-state index in [2.05, 4.69) is 4.99 Å². The highest BCUT2D eigenvalue weighted by molar-refractivity contribution is 7.94. The predicted molar refractivity (Wildman–Crippen MR) is 97.9 cm³/mol. The molecule has 0 bridgehead atoms. The van der Waals surface area contributed by atoms with Crippen LogP contribution < -0.4 is 0 Å². The number of fused-ring (bicyclic) bond motifs is 1. The van der Waals surface area contributed by atoms with Crippen LogP contribution in [0.15, 0.2) is 33.8 Å². The van der Waals surface area contributed by atoms with Gasteiger partial charge in [0.05, 0.1) is 21.4 Å². The number of carbonyl (C=O) groups is 1. The van der Waals surface area contributed by atoms with Gasteiger partial charge in [0.1, 0.15) is 5.78 Å². The maximum atomic E-state index is 12.6. The second-order valence-electron chi connectivity index (χ2n) is 6.90. The summed E-state index contributed by atoms with van der Waals surface area (Å²) >= 11 is 0. The molecule has 1 saturated carbocycles. The number of benzene rings is 1. The lowest BCUT2D eigenvalue weighted by molar-refractivity contribution is -0.385. The SMILES string of the molecule is CC1=C(S(C)(=O)=O)C(c2ccc(C)c([N+](=O)[O-])c2)C2C(=O)CCCC2=N1. The third-order valence-electron chi connectivity index (χ3n) is 5.03. The summed E-state index contributed by atoms with van der Waals surface area (Å²) in [4.78, 5) is 28.0. The van der Waals surface area contributed by atoms with E-state index in [1.54, 1.807) is 26.0 Å². The Morgan fingerprint density at radius 3 is 2.50 bits per heavy atom. The van der Waals surface area contributed by atoms with Crippen LogP contribution in [-0.4, -0.2) is 31.1 Å². The second kappa shape index (κ2) is 6.42. The highest BCUT2D eigenvalue weighted by Gasteiger charge is 2.44. The van der Waals surface area contributed by atoms with Crippen molar-refractivity contribution in [1.29, 1.82) is 0 Å². The number of hydrogen-bond acceptors (Lipinski definition) is 6. The molecular weight excluding hydrogens is 356 g/mol. The van der Waals surface area contributed by atoms with Crippen LogP contribution in [0.2, 0.25) is 0 Å². The van der Waals surface area contributed by atoms with Gasteiger partial charge in [-0.15, -0.1) is 0 Å². The zero-order chi connectivity index (χ0) is 19.2. The Morgan fingerprint density at radius 2 is 1.88 bits per heavy atom. The number of nitrogens with zero attached hydrogens (tertiary/aromatic N) is 2. The van der Waals surface area contributed by atoms with Crippen LogP contribution in [0.25, 0.3) is 0 Å². The minimum Gasteiger partial charge on any atom is -0.299 e. The number of nitro groups is 1. The summed E-state index contributed by atoms with van der Waals surface area (Å²) in [6.45, 7) is 3.24. The Morgan fingerprint density at radius 1 is 1.19 bits per heavy atom. The van der Waals surface area contributed by atoms with E-state index in [4.69, 9.17) is 0 Å². The van der Waals surface area contributed by atoms with Gasteiger partial charge in [-0.3, -0.25) is 19.9 Å². The molecule has 1 heterocycles. The molecule has 2 atom stereocenters. The summed E-state index contributed by atoms with van der Waals surface area (Å²) in [5.74, 6) is -1.49. The molecule has 7 nitrogen and oxygen atoms in total. The van der Waals surface area contributed by atoms with Crippen molar-refractivity contribution in [2.45, 2.75) is 39.0 Å². The largest absolute Gasteiger partial charge is 0.299 e. The fraction of sp³-hybridized carbons (Fsp3) is 0.444. The first-order valence-corrected chi connectivity index (χ1v) is 10.3. The van der Waals surface area contributed by atoms with Crippen LogP contribution in [-0.2, 0) is 14.6 Å². The van der Waals surface area contributed by atoms with E-state index >= 15 is 0 Å². The molecule has 8 heteroatoms. The zero-order valence-electron chi connectivity index (χ0n) is 14.9. The molecule has 0 aromatic heterocycles. The molecule has 2 aliphatic rings. The summed E-state index contributed by atoms with van der Waals surface area (Å²) in [6.07, 6.45) is 2.78. The monoisotopic (exact) mass is 376 g/mol. The fourth-order valence-electron chi connectivity index (χ4n) is 3.95. The van der Waals surface area contributed by atoms with E-state index in [0.717, 1.165) is 6.26 Å². The summed E-state index contributed by atoms with van der Waals surface area (Å²) in [6, 6.07) is 4.67. The number of Topliss-reactive ketones (excluding diaryl/α,β-unsaturated/α-hetero) is 1. The molecule has 1 fully saturated rings. The molecule has 1 aliphatic heterocycles. The number of aliphatic imine (C=N–C) groups is 1. The van der Waals surface area contributed by atoms with Gasteiger partial charge in [0.25, 0.3) is 5.69 Å². The molecule has 0 spiro atoms. The number of hydrogen-bond donors (Lipinski definition) is 0. The maximum Gasteiger partial charge on any atom is 0.272 e. The number of allylic oxidation sites excluding steroid dienone is 2. The number of ketones is 1. The zero-order valence-corrected chi connectivity index (χ0v) is 15.7. The van der Waals surface area contributed by atoms with Gasteiger partial charge in [0.15, 0.2) is 9.84 Å². The van der Waals surface area contributed by atoms with E-state index < -0.39 is 26.6 Å². The lowest BCUT2D eigenvalue weighted by Crippen LogP contribution is -2.38. The molecule has 0 amide bonds. The van der Waals surface area contributed by atoms with Crippen LogP contribution >= 0.6 is 0 Å². The van der Waals surface area contributed by atoms with Crippen molar-refractivity contribution in [3.05, 3.63) is 50.0 Å². The normalized spacial score (nSPS) is 23.5. The van der Waals surface area contributed by atoms with E-state index in [-0.39, 0.29) is 16.4 Å². The van der Waals surface area contributed by atoms with Crippen LogP contribution in [0.4, 0.5) is 5.69 Å². The molecule has 1 aliphatic carbocycles. The van der Waals surface area contributed by atoms with Gasteiger partial charge in [-0.05, 0) is 32.3 Å². The first-order chi connectivity index (χ1) is 12.1. The van der Waals surface area contributed by atoms with E-state index in [1.165, 1.54) is 6.07 Å². The molecule has 0 saturated heterocycles. The second-order valence-corrected chi connectivity index (χ2v) is 8.89. The van der Waals surface area contributed by atoms with Crippen molar-refractivity contribution >= 4 is 27.0 Å². The molecule has 1 aromatic carbocycles.